The Morgan fingerprint density at radius 3 is 3.00 bits per heavy atom. The van der Waals surface area contributed by atoms with E-state index >= 15 is 0 Å². The standard InChI is InChI=1S/C11H13N3O/c1-3-7(2)10-4-8-5-13-14-11(15)9(8)6-12-10/h4-7H,3H2,1-2H3,(H,14,15). The molecular weight excluding hydrogens is 190 g/mol. The van der Waals surface area contributed by atoms with Crippen LogP contribution < -0.4 is 5.56 Å². The van der Waals surface area contributed by atoms with E-state index in [0.717, 1.165) is 17.5 Å². The molecule has 0 bridgehead atoms. The summed E-state index contributed by atoms with van der Waals surface area (Å²) < 4.78 is 0. The van der Waals surface area contributed by atoms with Gasteiger partial charge in [0.1, 0.15) is 0 Å². The maximum Gasteiger partial charge on any atom is 0.273 e. The average Bonchev–Trinajstić information content (AvgIpc) is 2.28. The molecule has 1 N–H and O–H groups in total. The van der Waals surface area contributed by atoms with Gasteiger partial charge in [-0.3, -0.25) is 9.78 Å². The molecule has 15 heavy (non-hydrogen) atoms. The SMILES string of the molecule is CCC(C)c1cc2cn[nH]c(=O)c2cn1. The third-order valence-electron chi connectivity index (χ3n) is 2.69. The Bertz CT molecular complexity index is 533. The summed E-state index contributed by atoms with van der Waals surface area (Å²) in [6, 6.07) is 1.94. The highest BCUT2D eigenvalue weighted by Gasteiger charge is 2.06. The maximum absolute atomic E-state index is 11.4. The average molecular weight is 203 g/mol. The van der Waals surface area contributed by atoms with Crippen LogP contribution in [0.3, 0.4) is 0 Å². The molecule has 78 valence electrons. The van der Waals surface area contributed by atoms with E-state index in [2.05, 4.69) is 29.0 Å². The summed E-state index contributed by atoms with van der Waals surface area (Å²) in [5.41, 5.74) is 0.827. The number of aromatic amines is 1. The minimum atomic E-state index is -0.185. The zero-order valence-electron chi connectivity index (χ0n) is 8.82. The number of pyridine rings is 1. The molecule has 2 aromatic rings. The van der Waals surface area contributed by atoms with Crippen molar-refractivity contribution in [3.63, 3.8) is 0 Å². The maximum atomic E-state index is 11.4. The van der Waals surface area contributed by atoms with Gasteiger partial charge in [-0.2, -0.15) is 5.10 Å². The molecule has 0 fully saturated rings. The van der Waals surface area contributed by atoms with Crippen LogP contribution in [0.5, 0.6) is 0 Å². The van der Waals surface area contributed by atoms with Crippen molar-refractivity contribution in [3.8, 4) is 0 Å². The molecule has 0 saturated carbocycles. The van der Waals surface area contributed by atoms with E-state index in [9.17, 15) is 4.79 Å². The first kappa shape index (κ1) is 9.83. The van der Waals surface area contributed by atoms with Gasteiger partial charge in [0.15, 0.2) is 0 Å². The first-order valence-corrected chi connectivity index (χ1v) is 5.05. The molecule has 0 saturated heterocycles. The number of fused-ring (bicyclic) bond motifs is 1. The lowest BCUT2D eigenvalue weighted by atomic mass is 10.0. The van der Waals surface area contributed by atoms with Gasteiger partial charge in [0.25, 0.3) is 5.56 Å². The fourth-order valence-corrected chi connectivity index (χ4v) is 1.48. The Labute approximate surface area is 87.4 Å². The second-order valence-electron chi connectivity index (χ2n) is 3.70. The van der Waals surface area contributed by atoms with E-state index in [1.54, 1.807) is 12.4 Å². The Balaban J connectivity index is 2.62. The normalized spacial score (nSPS) is 12.9. The number of aromatic nitrogens is 3. The molecule has 0 spiro atoms. The first-order valence-electron chi connectivity index (χ1n) is 5.05. The molecule has 2 rings (SSSR count). The van der Waals surface area contributed by atoms with Crippen molar-refractivity contribution in [2.45, 2.75) is 26.2 Å². The van der Waals surface area contributed by atoms with Crippen LogP contribution in [0.1, 0.15) is 31.9 Å². The summed E-state index contributed by atoms with van der Waals surface area (Å²) in [4.78, 5) is 15.7. The van der Waals surface area contributed by atoms with Crippen LogP contribution in [0.4, 0.5) is 0 Å². The summed E-state index contributed by atoms with van der Waals surface area (Å²) in [5.74, 6) is 0.411. The summed E-state index contributed by atoms with van der Waals surface area (Å²) in [6.07, 6.45) is 4.32. The molecule has 0 aliphatic heterocycles. The zero-order valence-corrected chi connectivity index (χ0v) is 8.82. The fourth-order valence-electron chi connectivity index (χ4n) is 1.48. The zero-order chi connectivity index (χ0) is 10.8. The summed E-state index contributed by atoms with van der Waals surface area (Å²) in [5, 5.41) is 7.61. The van der Waals surface area contributed by atoms with Crippen molar-refractivity contribution >= 4 is 10.8 Å². The number of nitrogens with zero attached hydrogens (tertiary/aromatic N) is 2. The molecule has 4 heteroatoms. The van der Waals surface area contributed by atoms with Crippen LogP contribution in [0.2, 0.25) is 0 Å². The molecule has 1 unspecified atom stereocenters. The lowest BCUT2D eigenvalue weighted by Gasteiger charge is -2.07. The Kier molecular flexibility index (Phi) is 2.49. The van der Waals surface area contributed by atoms with Gasteiger partial charge in [-0.25, -0.2) is 5.10 Å². The van der Waals surface area contributed by atoms with Gasteiger partial charge in [-0.1, -0.05) is 13.8 Å². The quantitative estimate of drug-likeness (QED) is 0.810. The third kappa shape index (κ3) is 1.75. The number of nitrogens with one attached hydrogen (secondary N) is 1. The smallest absolute Gasteiger partial charge is 0.267 e. The third-order valence-corrected chi connectivity index (χ3v) is 2.69. The lowest BCUT2D eigenvalue weighted by molar-refractivity contribution is 0.709. The fraction of sp³-hybridized carbons (Fsp3) is 0.364. The van der Waals surface area contributed by atoms with Gasteiger partial charge >= 0.3 is 0 Å². The van der Waals surface area contributed by atoms with Crippen LogP contribution >= 0.6 is 0 Å². The molecule has 0 radical (unpaired) electrons. The van der Waals surface area contributed by atoms with E-state index in [1.807, 2.05) is 6.07 Å². The van der Waals surface area contributed by atoms with Crippen molar-refractivity contribution in [1.82, 2.24) is 15.2 Å². The number of rotatable bonds is 2. The Hall–Kier alpha value is -1.71. The van der Waals surface area contributed by atoms with Crippen molar-refractivity contribution in [2.24, 2.45) is 0 Å². The molecule has 2 heterocycles. The van der Waals surface area contributed by atoms with E-state index in [0.29, 0.717) is 11.3 Å². The minimum absolute atomic E-state index is 0.185. The number of hydrogen-bond acceptors (Lipinski definition) is 3. The second-order valence-corrected chi connectivity index (χ2v) is 3.70. The van der Waals surface area contributed by atoms with Crippen LogP contribution in [-0.2, 0) is 0 Å². The van der Waals surface area contributed by atoms with Crippen molar-refractivity contribution in [3.05, 3.63) is 34.5 Å². The molecule has 0 aromatic carbocycles. The molecule has 4 nitrogen and oxygen atoms in total. The lowest BCUT2D eigenvalue weighted by Crippen LogP contribution is -2.08. The first-order chi connectivity index (χ1) is 7.22. The highest BCUT2D eigenvalue weighted by atomic mass is 16.1. The van der Waals surface area contributed by atoms with Crippen LogP contribution in [-0.4, -0.2) is 15.2 Å². The highest BCUT2D eigenvalue weighted by molar-refractivity contribution is 5.79. The van der Waals surface area contributed by atoms with Crippen LogP contribution in [0, 0.1) is 0 Å². The molecular formula is C11H13N3O. The van der Waals surface area contributed by atoms with Gasteiger partial charge < -0.3 is 0 Å². The largest absolute Gasteiger partial charge is 0.273 e. The predicted molar refractivity (Wildman–Crippen MR) is 58.9 cm³/mol. The molecule has 0 aliphatic rings. The van der Waals surface area contributed by atoms with Crippen molar-refractivity contribution < 1.29 is 0 Å². The molecule has 1 atom stereocenters. The summed E-state index contributed by atoms with van der Waals surface area (Å²) in [6.45, 7) is 4.24. The van der Waals surface area contributed by atoms with E-state index in [-0.39, 0.29) is 5.56 Å². The van der Waals surface area contributed by atoms with Gasteiger partial charge in [0, 0.05) is 17.3 Å². The van der Waals surface area contributed by atoms with Gasteiger partial charge in [-0.05, 0) is 18.4 Å². The van der Waals surface area contributed by atoms with E-state index in [1.165, 1.54) is 0 Å². The van der Waals surface area contributed by atoms with E-state index in [4.69, 9.17) is 0 Å². The number of H-pyrrole nitrogens is 1. The van der Waals surface area contributed by atoms with Crippen LogP contribution in [0.25, 0.3) is 10.8 Å². The second kappa shape index (κ2) is 3.81. The van der Waals surface area contributed by atoms with E-state index < -0.39 is 0 Å². The molecule has 0 aliphatic carbocycles. The van der Waals surface area contributed by atoms with Crippen molar-refractivity contribution in [2.75, 3.05) is 0 Å². The predicted octanol–water partition coefficient (Wildman–Crippen LogP) is 1.83. The van der Waals surface area contributed by atoms with Gasteiger partial charge in [0.2, 0.25) is 0 Å². The number of hydrogen-bond donors (Lipinski definition) is 1. The molecule has 2 aromatic heterocycles. The van der Waals surface area contributed by atoms with Crippen LogP contribution in [0.15, 0.2) is 23.3 Å². The van der Waals surface area contributed by atoms with Gasteiger partial charge in [0.05, 0.1) is 11.6 Å². The Morgan fingerprint density at radius 1 is 1.47 bits per heavy atom. The topological polar surface area (TPSA) is 58.6 Å². The monoisotopic (exact) mass is 203 g/mol. The van der Waals surface area contributed by atoms with Gasteiger partial charge in [-0.15, -0.1) is 0 Å². The minimum Gasteiger partial charge on any atom is -0.267 e. The van der Waals surface area contributed by atoms with Crippen molar-refractivity contribution in [1.29, 1.82) is 0 Å². The summed E-state index contributed by atoms with van der Waals surface area (Å²) in [7, 11) is 0. The Morgan fingerprint density at radius 2 is 2.27 bits per heavy atom. The summed E-state index contributed by atoms with van der Waals surface area (Å²) >= 11 is 0. The highest BCUT2D eigenvalue weighted by Crippen LogP contribution is 2.18. The molecule has 0 amide bonds.